The first kappa shape index (κ1) is 20.9. The van der Waals surface area contributed by atoms with Gasteiger partial charge in [0.05, 0.1) is 17.7 Å². The number of allylic oxidation sites excluding steroid dienone is 1. The van der Waals surface area contributed by atoms with E-state index in [0.717, 1.165) is 23.6 Å². The summed E-state index contributed by atoms with van der Waals surface area (Å²) in [7, 11) is -2.35. The highest BCUT2D eigenvalue weighted by Gasteiger charge is 2.27. The van der Waals surface area contributed by atoms with Gasteiger partial charge in [0.2, 0.25) is 5.91 Å². The number of methoxy groups -OCH3 is 1. The fraction of sp³-hybridized carbons (Fsp3) is 0.318. The second-order valence-electron chi connectivity index (χ2n) is 6.91. The van der Waals surface area contributed by atoms with Crippen molar-refractivity contribution in [3.05, 3.63) is 66.2 Å². The van der Waals surface area contributed by atoms with Crippen LogP contribution in [0.15, 0.2) is 71.1 Å². The van der Waals surface area contributed by atoms with Crippen molar-refractivity contribution in [2.75, 3.05) is 24.5 Å². The van der Waals surface area contributed by atoms with Crippen LogP contribution in [-0.4, -0.2) is 34.5 Å². The van der Waals surface area contributed by atoms with Crippen molar-refractivity contribution in [1.82, 2.24) is 5.32 Å². The van der Waals surface area contributed by atoms with Crippen LogP contribution in [0.2, 0.25) is 0 Å². The Morgan fingerprint density at radius 1 is 1.07 bits per heavy atom. The molecule has 0 spiro atoms. The van der Waals surface area contributed by atoms with E-state index in [9.17, 15) is 13.2 Å². The normalized spacial score (nSPS) is 14.0. The summed E-state index contributed by atoms with van der Waals surface area (Å²) in [5.74, 6) is 0.270. The molecule has 1 aliphatic carbocycles. The molecule has 6 nitrogen and oxygen atoms in total. The molecule has 0 unspecified atom stereocenters. The Balaban J connectivity index is 1.82. The molecular formula is C22H26N2O4S. The monoisotopic (exact) mass is 414 g/mol. The third-order valence-electron chi connectivity index (χ3n) is 4.88. The van der Waals surface area contributed by atoms with Crippen molar-refractivity contribution in [2.45, 2.75) is 30.6 Å². The highest BCUT2D eigenvalue weighted by Crippen LogP contribution is 2.25. The van der Waals surface area contributed by atoms with Crippen molar-refractivity contribution in [1.29, 1.82) is 0 Å². The number of nitrogens with zero attached hydrogens (tertiary/aromatic N) is 1. The van der Waals surface area contributed by atoms with Crippen molar-refractivity contribution in [2.24, 2.45) is 0 Å². The van der Waals surface area contributed by atoms with Crippen molar-refractivity contribution in [3.8, 4) is 5.75 Å². The lowest BCUT2D eigenvalue weighted by atomic mass is 10.00. The number of anilines is 1. The molecule has 0 atom stereocenters. The molecule has 29 heavy (non-hydrogen) atoms. The molecule has 3 rings (SSSR count). The van der Waals surface area contributed by atoms with Gasteiger partial charge >= 0.3 is 0 Å². The van der Waals surface area contributed by atoms with Crippen molar-refractivity contribution >= 4 is 21.6 Å². The third-order valence-corrected chi connectivity index (χ3v) is 6.66. The Kier molecular flexibility index (Phi) is 6.93. The standard InChI is InChI=1S/C22H26N2O4S/c1-28-20-14-12-19(13-15-20)24(29(26,27)21-10-6-3-7-11-21)17-22(25)23-16-18-8-4-2-5-9-18/h3,6-8,10-15H,2,4-5,9,16-17H2,1H3,(H,23,25). The van der Waals surface area contributed by atoms with E-state index >= 15 is 0 Å². The van der Waals surface area contributed by atoms with E-state index in [1.54, 1.807) is 49.6 Å². The lowest BCUT2D eigenvalue weighted by molar-refractivity contribution is -0.119. The molecule has 2 aromatic carbocycles. The van der Waals surface area contributed by atoms with Crippen LogP contribution in [0.1, 0.15) is 25.7 Å². The minimum Gasteiger partial charge on any atom is -0.497 e. The number of benzene rings is 2. The van der Waals surface area contributed by atoms with Crippen molar-refractivity contribution < 1.29 is 17.9 Å². The zero-order valence-electron chi connectivity index (χ0n) is 16.5. The van der Waals surface area contributed by atoms with Crippen LogP contribution in [0, 0.1) is 0 Å². The highest BCUT2D eigenvalue weighted by molar-refractivity contribution is 7.92. The number of rotatable bonds is 8. The van der Waals surface area contributed by atoms with Gasteiger partial charge < -0.3 is 10.1 Å². The van der Waals surface area contributed by atoms with Gasteiger partial charge in [0.25, 0.3) is 10.0 Å². The maximum absolute atomic E-state index is 13.2. The first-order valence-electron chi connectivity index (χ1n) is 9.67. The molecule has 2 aromatic rings. The summed E-state index contributed by atoms with van der Waals surface area (Å²) >= 11 is 0. The summed E-state index contributed by atoms with van der Waals surface area (Å²) in [5.41, 5.74) is 1.60. The molecule has 0 aromatic heterocycles. The van der Waals surface area contributed by atoms with E-state index in [0.29, 0.717) is 18.0 Å². The average molecular weight is 415 g/mol. The van der Waals surface area contributed by atoms with Crippen LogP contribution in [0.5, 0.6) is 5.75 Å². The molecule has 1 aliphatic rings. The summed E-state index contributed by atoms with van der Waals surface area (Å²) in [5, 5.41) is 2.86. The maximum atomic E-state index is 13.2. The average Bonchev–Trinajstić information content (AvgIpc) is 2.77. The number of carbonyl (C=O) groups is 1. The van der Waals surface area contributed by atoms with Crippen molar-refractivity contribution in [3.63, 3.8) is 0 Å². The zero-order chi connectivity index (χ0) is 20.7. The molecule has 0 heterocycles. The molecule has 0 radical (unpaired) electrons. The molecule has 154 valence electrons. The fourth-order valence-electron chi connectivity index (χ4n) is 3.25. The van der Waals surface area contributed by atoms with Gasteiger partial charge in [-0.05, 0) is 62.1 Å². The van der Waals surface area contributed by atoms with Gasteiger partial charge in [0.1, 0.15) is 12.3 Å². The molecule has 0 saturated heterocycles. The zero-order valence-corrected chi connectivity index (χ0v) is 17.3. The quantitative estimate of drug-likeness (QED) is 0.671. The van der Waals surface area contributed by atoms with E-state index in [2.05, 4.69) is 11.4 Å². The van der Waals surface area contributed by atoms with E-state index in [-0.39, 0.29) is 17.3 Å². The summed E-state index contributed by atoms with van der Waals surface area (Å²) in [6.45, 7) is 0.164. The molecule has 7 heteroatoms. The topological polar surface area (TPSA) is 75.7 Å². The lowest BCUT2D eigenvalue weighted by Gasteiger charge is -2.24. The summed E-state index contributed by atoms with van der Waals surface area (Å²) < 4.78 is 32.7. The van der Waals surface area contributed by atoms with Gasteiger partial charge in [-0.2, -0.15) is 0 Å². The lowest BCUT2D eigenvalue weighted by Crippen LogP contribution is -2.41. The first-order chi connectivity index (χ1) is 14.0. The molecule has 0 saturated carbocycles. The van der Waals surface area contributed by atoms with E-state index < -0.39 is 10.0 Å². The second kappa shape index (κ2) is 9.60. The Bertz CT molecular complexity index is 954. The Morgan fingerprint density at radius 3 is 2.41 bits per heavy atom. The van der Waals surface area contributed by atoms with Crippen LogP contribution >= 0.6 is 0 Å². The molecule has 1 N–H and O–H groups in total. The van der Waals surface area contributed by atoms with Crippen LogP contribution < -0.4 is 14.4 Å². The van der Waals surface area contributed by atoms with E-state index in [4.69, 9.17) is 4.74 Å². The number of hydrogen-bond donors (Lipinski definition) is 1. The highest BCUT2D eigenvalue weighted by atomic mass is 32.2. The Morgan fingerprint density at radius 2 is 1.79 bits per heavy atom. The number of amides is 1. The van der Waals surface area contributed by atoms with Gasteiger partial charge in [0.15, 0.2) is 0 Å². The van der Waals surface area contributed by atoms with Gasteiger partial charge in [-0.25, -0.2) is 8.42 Å². The number of sulfonamides is 1. The fourth-order valence-corrected chi connectivity index (χ4v) is 4.69. The largest absolute Gasteiger partial charge is 0.497 e. The molecule has 0 bridgehead atoms. The molecule has 1 amide bonds. The van der Waals surface area contributed by atoms with Crippen LogP contribution in [0.4, 0.5) is 5.69 Å². The van der Waals surface area contributed by atoms with Gasteiger partial charge in [0, 0.05) is 6.54 Å². The molecule has 0 aliphatic heterocycles. The Hall–Kier alpha value is -2.80. The summed E-state index contributed by atoms with van der Waals surface area (Å²) in [4.78, 5) is 12.7. The van der Waals surface area contributed by atoms with Gasteiger partial charge in [-0.15, -0.1) is 0 Å². The number of hydrogen-bond acceptors (Lipinski definition) is 4. The third kappa shape index (κ3) is 5.38. The van der Waals surface area contributed by atoms with Crippen LogP contribution in [0.25, 0.3) is 0 Å². The molecular weight excluding hydrogens is 388 g/mol. The summed E-state index contributed by atoms with van der Waals surface area (Å²) in [6.07, 6.45) is 6.47. The van der Waals surface area contributed by atoms with Gasteiger partial charge in [-0.3, -0.25) is 9.10 Å². The number of carbonyl (C=O) groups excluding carboxylic acids is 1. The first-order valence-corrected chi connectivity index (χ1v) is 11.1. The SMILES string of the molecule is COc1ccc(N(CC(=O)NCC2=CCCCC2)S(=O)(=O)c2ccccc2)cc1. The summed E-state index contributed by atoms with van der Waals surface area (Å²) in [6, 6.07) is 14.7. The van der Waals surface area contributed by atoms with E-state index in [1.807, 2.05) is 0 Å². The minimum absolute atomic E-state index is 0.138. The van der Waals surface area contributed by atoms with Crippen LogP contribution in [-0.2, 0) is 14.8 Å². The molecule has 0 fully saturated rings. The number of ether oxygens (including phenoxy) is 1. The minimum atomic E-state index is -3.89. The predicted octanol–water partition coefficient (Wildman–Crippen LogP) is 3.51. The predicted molar refractivity (Wildman–Crippen MR) is 114 cm³/mol. The van der Waals surface area contributed by atoms with Crippen LogP contribution in [0.3, 0.4) is 0 Å². The Labute approximate surface area is 172 Å². The van der Waals surface area contributed by atoms with E-state index in [1.165, 1.54) is 24.1 Å². The van der Waals surface area contributed by atoms with Gasteiger partial charge in [-0.1, -0.05) is 29.8 Å². The second-order valence-corrected chi connectivity index (χ2v) is 8.77. The maximum Gasteiger partial charge on any atom is 0.264 e. The smallest absolute Gasteiger partial charge is 0.264 e. The number of nitrogens with one attached hydrogen (secondary N) is 1.